The first-order valence-electron chi connectivity index (χ1n) is 5.19. The zero-order valence-corrected chi connectivity index (χ0v) is 8.76. The Hall–Kier alpha value is -0.530. The molecule has 0 saturated heterocycles. The molecule has 2 aliphatic rings. The number of primary amides is 1. The van der Waals surface area contributed by atoms with Gasteiger partial charge < -0.3 is 5.73 Å². The Balaban J connectivity index is 2.38. The summed E-state index contributed by atoms with van der Waals surface area (Å²) in [5, 5.41) is 0. The molecule has 0 aromatic heterocycles. The van der Waals surface area contributed by atoms with Gasteiger partial charge in [-0.25, -0.2) is 0 Å². The number of hydrogen-bond donors (Lipinski definition) is 1. The van der Waals surface area contributed by atoms with E-state index in [1.165, 1.54) is 12.8 Å². The Labute approximate surface area is 79.9 Å². The van der Waals surface area contributed by atoms with E-state index in [9.17, 15) is 4.79 Å². The van der Waals surface area contributed by atoms with Gasteiger partial charge in [0.2, 0.25) is 5.91 Å². The zero-order valence-electron chi connectivity index (χ0n) is 8.76. The van der Waals surface area contributed by atoms with Crippen molar-refractivity contribution in [1.29, 1.82) is 0 Å². The second-order valence-electron chi connectivity index (χ2n) is 5.57. The minimum Gasteiger partial charge on any atom is -0.369 e. The molecule has 2 nitrogen and oxygen atoms in total. The smallest absolute Gasteiger partial charge is 0.221 e. The van der Waals surface area contributed by atoms with Gasteiger partial charge in [-0.3, -0.25) is 4.79 Å². The molecular formula is C11H19NO. The molecule has 3 atom stereocenters. The summed E-state index contributed by atoms with van der Waals surface area (Å²) in [6.45, 7) is 6.84. The van der Waals surface area contributed by atoms with Gasteiger partial charge in [0, 0.05) is 5.92 Å². The summed E-state index contributed by atoms with van der Waals surface area (Å²) in [7, 11) is 0. The van der Waals surface area contributed by atoms with E-state index in [2.05, 4.69) is 20.8 Å². The lowest BCUT2D eigenvalue weighted by atomic mass is 9.66. The first-order valence-corrected chi connectivity index (χ1v) is 5.19. The van der Waals surface area contributed by atoms with Crippen LogP contribution in [-0.4, -0.2) is 5.91 Å². The molecule has 0 aliphatic heterocycles. The molecule has 74 valence electrons. The van der Waals surface area contributed by atoms with Crippen LogP contribution in [0.1, 0.15) is 40.0 Å². The van der Waals surface area contributed by atoms with Gasteiger partial charge in [-0.05, 0) is 36.0 Å². The highest BCUT2D eigenvalue weighted by Crippen LogP contribution is 2.67. The number of hydrogen-bond acceptors (Lipinski definition) is 1. The van der Waals surface area contributed by atoms with E-state index in [-0.39, 0.29) is 17.2 Å². The topological polar surface area (TPSA) is 43.1 Å². The van der Waals surface area contributed by atoms with Crippen LogP contribution < -0.4 is 5.73 Å². The monoisotopic (exact) mass is 181 g/mol. The first kappa shape index (κ1) is 9.04. The molecule has 2 fully saturated rings. The average molecular weight is 181 g/mol. The van der Waals surface area contributed by atoms with Crippen LogP contribution in [0.25, 0.3) is 0 Å². The highest BCUT2D eigenvalue weighted by Gasteiger charge is 2.62. The largest absolute Gasteiger partial charge is 0.369 e. The molecule has 2 rings (SSSR count). The zero-order chi connectivity index (χ0) is 9.85. The van der Waals surface area contributed by atoms with Gasteiger partial charge in [0.15, 0.2) is 0 Å². The van der Waals surface area contributed by atoms with Gasteiger partial charge in [0.1, 0.15) is 0 Å². The van der Waals surface area contributed by atoms with Gasteiger partial charge in [0.05, 0.1) is 0 Å². The fourth-order valence-corrected chi connectivity index (χ4v) is 3.63. The van der Waals surface area contributed by atoms with Crippen LogP contribution in [0.3, 0.4) is 0 Å². The number of nitrogens with two attached hydrogens (primary N) is 1. The second kappa shape index (κ2) is 2.28. The molecule has 0 aromatic rings. The average Bonchev–Trinajstić information content (AvgIpc) is 2.34. The first-order chi connectivity index (χ1) is 5.89. The lowest BCUT2D eigenvalue weighted by Crippen LogP contribution is -2.39. The number of rotatable bonds is 1. The van der Waals surface area contributed by atoms with Crippen LogP contribution in [0.15, 0.2) is 0 Å². The predicted molar refractivity (Wildman–Crippen MR) is 51.9 cm³/mol. The minimum atomic E-state index is -0.0854. The van der Waals surface area contributed by atoms with E-state index in [1.807, 2.05) is 0 Å². The SMILES string of the molecule is CC1(C)[C@@H]2CC[C@@]1(C)[C@@H](C(N)=O)C2. The number of amides is 1. The summed E-state index contributed by atoms with van der Waals surface area (Å²) < 4.78 is 0. The third-order valence-electron chi connectivity index (χ3n) is 5.14. The molecular weight excluding hydrogens is 162 g/mol. The molecule has 0 radical (unpaired) electrons. The molecule has 0 heterocycles. The van der Waals surface area contributed by atoms with E-state index in [0.717, 1.165) is 12.3 Å². The van der Waals surface area contributed by atoms with Gasteiger partial charge in [-0.2, -0.15) is 0 Å². The molecule has 0 spiro atoms. The van der Waals surface area contributed by atoms with Crippen molar-refractivity contribution in [3.63, 3.8) is 0 Å². The Morgan fingerprint density at radius 1 is 1.38 bits per heavy atom. The van der Waals surface area contributed by atoms with Gasteiger partial charge >= 0.3 is 0 Å². The molecule has 1 amide bonds. The maximum atomic E-state index is 11.3. The van der Waals surface area contributed by atoms with Gasteiger partial charge in [0.25, 0.3) is 0 Å². The predicted octanol–water partition coefficient (Wildman–Crippen LogP) is 1.93. The summed E-state index contributed by atoms with van der Waals surface area (Å²) in [6, 6.07) is 0. The minimum absolute atomic E-state index is 0.0854. The number of fused-ring (bicyclic) bond motifs is 2. The van der Waals surface area contributed by atoms with E-state index in [1.54, 1.807) is 0 Å². The van der Waals surface area contributed by atoms with Crippen molar-refractivity contribution >= 4 is 5.91 Å². The molecule has 2 aliphatic carbocycles. The van der Waals surface area contributed by atoms with Crippen molar-refractivity contribution in [2.45, 2.75) is 40.0 Å². The normalized spacial score (nSPS) is 46.7. The maximum absolute atomic E-state index is 11.3. The van der Waals surface area contributed by atoms with Crippen LogP contribution in [0, 0.1) is 22.7 Å². The van der Waals surface area contributed by atoms with E-state index < -0.39 is 0 Å². The van der Waals surface area contributed by atoms with E-state index in [4.69, 9.17) is 5.73 Å². The van der Waals surface area contributed by atoms with Crippen molar-refractivity contribution in [2.24, 2.45) is 28.4 Å². The van der Waals surface area contributed by atoms with Crippen LogP contribution in [0.2, 0.25) is 0 Å². The summed E-state index contributed by atoms with van der Waals surface area (Å²) in [5.41, 5.74) is 5.93. The highest BCUT2D eigenvalue weighted by molar-refractivity contribution is 5.78. The summed E-state index contributed by atoms with van der Waals surface area (Å²) >= 11 is 0. The van der Waals surface area contributed by atoms with E-state index >= 15 is 0 Å². The molecule has 2 heteroatoms. The Morgan fingerprint density at radius 3 is 2.23 bits per heavy atom. The summed E-state index contributed by atoms with van der Waals surface area (Å²) in [4.78, 5) is 11.3. The van der Waals surface area contributed by atoms with Crippen molar-refractivity contribution in [2.75, 3.05) is 0 Å². The van der Waals surface area contributed by atoms with E-state index in [0.29, 0.717) is 5.41 Å². The number of carbonyl (C=O) groups is 1. The van der Waals surface area contributed by atoms with Crippen LogP contribution in [-0.2, 0) is 4.79 Å². The van der Waals surface area contributed by atoms with Crippen molar-refractivity contribution in [3.05, 3.63) is 0 Å². The Bertz CT molecular complexity index is 259. The molecule has 2 saturated carbocycles. The fraction of sp³-hybridized carbons (Fsp3) is 0.909. The maximum Gasteiger partial charge on any atom is 0.221 e. The van der Waals surface area contributed by atoms with Crippen molar-refractivity contribution in [1.82, 2.24) is 0 Å². The van der Waals surface area contributed by atoms with Crippen molar-refractivity contribution in [3.8, 4) is 0 Å². The summed E-state index contributed by atoms with van der Waals surface area (Å²) in [5.74, 6) is 0.758. The summed E-state index contributed by atoms with van der Waals surface area (Å²) in [6.07, 6.45) is 3.49. The Morgan fingerprint density at radius 2 is 2.00 bits per heavy atom. The third-order valence-corrected chi connectivity index (χ3v) is 5.14. The second-order valence-corrected chi connectivity index (χ2v) is 5.57. The van der Waals surface area contributed by atoms with Crippen molar-refractivity contribution < 1.29 is 4.79 Å². The molecule has 2 N–H and O–H groups in total. The third kappa shape index (κ3) is 0.866. The Kier molecular flexibility index (Phi) is 1.59. The number of carbonyl (C=O) groups excluding carboxylic acids is 1. The lowest BCUT2D eigenvalue weighted by Gasteiger charge is -2.37. The van der Waals surface area contributed by atoms with Crippen LogP contribution in [0.4, 0.5) is 0 Å². The van der Waals surface area contributed by atoms with Gasteiger partial charge in [-0.15, -0.1) is 0 Å². The lowest BCUT2D eigenvalue weighted by molar-refractivity contribution is -0.126. The van der Waals surface area contributed by atoms with Crippen LogP contribution in [0.5, 0.6) is 0 Å². The molecule has 2 bridgehead atoms. The highest BCUT2D eigenvalue weighted by atomic mass is 16.1. The quantitative estimate of drug-likeness (QED) is 0.660. The standard InChI is InChI=1S/C11H19NO/c1-10(2)7-4-5-11(10,3)8(6-7)9(12)13/h7-8H,4-6H2,1-3H3,(H2,12,13)/t7-,8-,11+/m1/s1. The molecule has 0 unspecified atom stereocenters. The van der Waals surface area contributed by atoms with Gasteiger partial charge in [-0.1, -0.05) is 20.8 Å². The van der Waals surface area contributed by atoms with Crippen LogP contribution >= 0.6 is 0 Å². The molecule has 0 aromatic carbocycles. The fourth-order valence-electron chi connectivity index (χ4n) is 3.63. The molecule has 13 heavy (non-hydrogen) atoms.